The second kappa shape index (κ2) is 4.84. The lowest BCUT2D eigenvalue weighted by molar-refractivity contribution is 0.560. The van der Waals surface area contributed by atoms with E-state index in [9.17, 15) is 4.21 Å². The zero-order valence-corrected chi connectivity index (χ0v) is 8.82. The van der Waals surface area contributed by atoms with Gasteiger partial charge in [0.05, 0.1) is 10.7 Å². The van der Waals surface area contributed by atoms with E-state index in [1.165, 1.54) is 0 Å². The fourth-order valence-electron chi connectivity index (χ4n) is 0.879. The van der Waals surface area contributed by atoms with Crippen LogP contribution in [0.1, 0.15) is 6.42 Å². The maximum absolute atomic E-state index is 10.3. The Morgan fingerprint density at radius 1 is 1.83 bits per heavy atom. The molecule has 6 heteroatoms. The molecule has 1 rings (SSSR count). The highest BCUT2D eigenvalue weighted by atomic mass is 79.9. The monoisotopic (exact) mass is 254 g/mol. The first-order valence-electron chi connectivity index (χ1n) is 3.59. The number of alkyl halides is 1. The molecule has 1 heterocycles. The molecule has 0 saturated carbocycles. The molecule has 0 aromatic carbocycles. The number of hydrogen-bond acceptors (Lipinski definition) is 3. The van der Waals surface area contributed by atoms with E-state index in [4.69, 9.17) is 4.55 Å². The van der Waals surface area contributed by atoms with Gasteiger partial charge in [-0.25, -0.2) is 4.21 Å². The Hall–Kier alpha value is -0.0700. The zero-order chi connectivity index (χ0) is 8.97. The molecule has 2 unspecified atom stereocenters. The van der Waals surface area contributed by atoms with Crippen molar-refractivity contribution in [3.05, 3.63) is 11.9 Å². The molecule has 0 radical (unpaired) electrons. The number of rotatable bonds is 3. The molecule has 4 nitrogen and oxygen atoms in total. The van der Waals surface area contributed by atoms with Crippen LogP contribution in [0.15, 0.2) is 11.9 Å². The molecule has 2 atom stereocenters. The van der Waals surface area contributed by atoms with E-state index < -0.39 is 11.1 Å². The van der Waals surface area contributed by atoms with Gasteiger partial charge in [0.1, 0.15) is 0 Å². The van der Waals surface area contributed by atoms with Gasteiger partial charge in [-0.05, 0) is 0 Å². The Morgan fingerprint density at radius 2 is 2.58 bits per heavy atom. The minimum Gasteiger partial charge on any atom is -0.384 e. The van der Waals surface area contributed by atoms with Crippen LogP contribution in [0.4, 0.5) is 0 Å². The summed E-state index contributed by atoms with van der Waals surface area (Å²) in [4.78, 5) is 0.251. The van der Waals surface area contributed by atoms with Crippen molar-refractivity contribution >= 4 is 27.0 Å². The average Bonchev–Trinajstić information content (AvgIpc) is 2.03. The molecule has 70 valence electrons. The number of hydrogen-bond donors (Lipinski definition) is 3. The third-order valence-electron chi connectivity index (χ3n) is 1.49. The second-order valence-corrected chi connectivity index (χ2v) is 4.62. The van der Waals surface area contributed by atoms with E-state index in [0.717, 1.165) is 12.2 Å². The summed E-state index contributed by atoms with van der Waals surface area (Å²) in [5, 5.41) is 6.20. The summed E-state index contributed by atoms with van der Waals surface area (Å²) in [7, 11) is 0. The molecule has 0 aromatic rings. The van der Waals surface area contributed by atoms with Gasteiger partial charge >= 0.3 is 0 Å². The lowest BCUT2D eigenvalue weighted by Gasteiger charge is -2.20. The van der Waals surface area contributed by atoms with E-state index >= 15 is 0 Å². The van der Waals surface area contributed by atoms with Crippen LogP contribution in [0, 0.1) is 0 Å². The summed E-state index contributed by atoms with van der Waals surface area (Å²) in [5.74, 6) is 0.285. The minimum absolute atomic E-state index is 0.251. The van der Waals surface area contributed by atoms with Crippen molar-refractivity contribution in [2.45, 2.75) is 11.4 Å². The molecular weight excluding hydrogens is 244 g/mol. The van der Waals surface area contributed by atoms with E-state index in [-0.39, 0.29) is 10.7 Å². The van der Waals surface area contributed by atoms with Gasteiger partial charge < -0.3 is 15.2 Å². The van der Waals surface area contributed by atoms with Crippen molar-refractivity contribution in [3.8, 4) is 0 Å². The molecule has 0 amide bonds. The lowest BCUT2D eigenvalue weighted by Crippen LogP contribution is -2.37. The fourth-order valence-corrected chi connectivity index (χ4v) is 1.57. The van der Waals surface area contributed by atoms with Crippen molar-refractivity contribution in [2.24, 2.45) is 0 Å². The third kappa shape index (κ3) is 3.55. The van der Waals surface area contributed by atoms with Crippen molar-refractivity contribution in [1.29, 1.82) is 0 Å². The van der Waals surface area contributed by atoms with E-state index in [1.54, 1.807) is 0 Å². The zero-order valence-electron chi connectivity index (χ0n) is 6.42. The van der Waals surface area contributed by atoms with Gasteiger partial charge in [0.25, 0.3) is 0 Å². The van der Waals surface area contributed by atoms with Crippen LogP contribution in [-0.2, 0) is 11.1 Å². The third-order valence-corrected chi connectivity index (χ3v) is 2.63. The van der Waals surface area contributed by atoms with Gasteiger partial charge in [-0.1, -0.05) is 15.9 Å². The summed E-state index contributed by atoms with van der Waals surface area (Å²) in [6.07, 6.45) is 2.44. The Balaban J connectivity index is 2.29. The van der Waals surface area contributed by atoms with Crippen LogP contribution in [0.5, 0.6) is 0 Å². The molecule has 1 aliphatic rings. The SMILES string of the molecule is O=S(O)CCC1=CNC(Br)CN1. The highest BCUT2D eigenvalue weighted by Gasteiger charge is 2.09. The smallest absolute Gasteiger partial charge is 0.153 e. The fraction of sp³-hybridized carbons (Fsp3) is 0.667. The van der Waals surface area contributed by atoms with Gasteiger partial charge in [0.15, 0.2) is 11.1 Å². The summed E-state index contributed by atoms with van der Waals surface area (Å²) < 4.78 is 18.9. The van der Waals surface area contributed by atoms with Crippen LogP contribution in [0.25, 0.3) is 0 Å². The van der Waals surface area contributed by atoms with Crippen molar-refractivity contribution < 1.29 is 8.76 Å². The highest BCUT2D eigenvalue weighted by molar-refractivity contribution is 9.09. The van der Waals surface area contributed by atoms with Crippen LogP contribution in [-0.4, -0.2) is 26.0 Å². The minimum atomic E-state index is -1.70. The van der Waals surface area contributed by atoms with E-state index in [0.29, 0.717) is 6.42 Å². The Kier molecular flexibility index (Phi) is 4.03. The van der Waals surface area contributed by atoms with Gasteiger partial charge in [0.2, 0.25) is 0 Å². The van der Waals surface area contributed by atoms with Crippen molar-refractivity contribution in [2.75, 3.05) is 12.3 Å². The van der Waals surface area contributed by atoms with Crippen LogP contribution in [0.2, 0.25) is 0 Å². The molecule has 0 fully saturated rings. The maximum Gasteiger partial charge on any atom is 0.153 e. The molecule has 0 aromatic heterocycles. The topological polar surface area (TPSA) is 61.4 Å². The predicted molar refractivity (Wildman–Crippen MR) is 52.2 cm³/mol. The standard InChI is InChI=1S/C6H11BrN2O2S/c7-6-4-8-5(3-9-6)1-2-12(10)11/h3,6,8-9H,1-2,4H2,(H,10,11). The Bertz CT molecular complexity index is 210. The van der Waals surface area contributed by atoms with E-state index in [1.807, 2.05) is 6.20 Å². The molecular formula is C6H11BrN2O2S. The Morgan fingerprint density at radius 3 is 3.08 bits per heavy atom. The highest BCUT2D eigenvalue weighted by Crippen LogP contribution is 2.05. The first-order valence-corrected chi connectivity index (χ1v) is 5.78. The van der Waals surface area contributed by atoms with Crippen LogP contribution >= 0.6 is 15.9 Å². The van der Waals surface area contributed by atoms with Crippen LogP contribution in [0.3, 0.4) is 0 Å². The molecule has 1 aliphatic heterocycles. The molecule has 3 N–H and O–H groups in total. The largest absolute Gasteiger partial charge is 0.384 e. The summed E-state index contributed by atoms with van der Waals surface area (Å²) in [6, 6.07) is 0. The van der Waals surface area contributed by atoms with Crippen LogP contribution < -0.4 is 10.6 Å². The normalized spacial score (nSPS) is 25.2. The summed E-state index contributed by atoms with van der Waals surface area (Å²) in [6.45, 7) is 0.796. The van der Waals surface area contributed by atoms with Crippen molar-refractivity contribution in [1.82, 2.24) is 10.6 Å². The van der Waals surface area contributed by atoms with Gasteiger partial charge in [-0.15, -0.1) is 0 Å². The van der Waals surface area contributed by atoms with E-state index in [2.05, 4.69) is 26.6 Å². The summed E-state index contributed by atoms with van der Waals surface area (Å²) in [5.41, 5.74) is 0.980. The lowest BCUT2D eigenvalue weighted by atomic mass is 10.3. The average molecular weight is 255 g/mol. The van der Waals surface area contributed by atoms with Gasteiger partial charge in [-0.2, -0.15) is 0 Å². The summed E-state index contributed by atoms with van der Waals surface area (Å²) >= 11 is 1.67. The first-order chi connectivity index (χ1) is 5.68. The number of allylic oxidation sites excluding steroid dienone is 1. The molecule has 0 saturated heterocycles. The number of halogens is 1. The van der Waals surface area contributed by atoms with Gasteiger partial charge in [0, 0.05) is 24.9 Å². The molecule has 0 aliphatic carbocycles. The molecule has 0 bridgehead atoms. The maximum atomic E-state index is 10.3. The first kappa shape index (κ1) is 10.0. The number of nitrogens with one attached hydrogen (secondary N) is 2. The Labute approximate surface area is 82.2 Å². The second-order valence-electron chi connectivity index (χ2n) is 2.46. The predicted octanol–water partition coefficient (Wildman–Crippen LogP) is 0.353. The molecule has 0 spiro atoms. The molecule has 12 heavy (non-hydrogen) atoms. The van der Waals surface area contributed by atoms with Gasteiger partial charge in [-0.3, -0.25) is 0 Å². The quantitative estimate of drug-likeness (QED) is 0.387. The van der Waals surface area contributed by atoms with Crippen molar-refractivity contribution in [3.63, 3.8) is 0 Å².